The highest BCUT2D eigenvalue weighted by molar-refractivity contribution is 5.70. The Morgan fingerprint density at radius 1 is 1.31 bits per heavy atom. The zero-order chi connectivity index (χ0) is 12.8. The maximum absolute atomic E-state index is 11.4. The van der Waals surface area contributed by atoms with Crippen molar-refractivity contribution in [3.8, 4) is 0 Å². The average molecular weight is 229 g/mol. The van der Waals surface area contributed by atoms with Gasteiger partial charge in [-0.25, -0.2) is 0 Å². The molecule has 0 aromatic rings. The minimum Gasteiger partial charge on any atom is -0.466 e. The van der Waals surface area contributed by atoms with Crippen LogP contribution in [0.3, 0.4) is 0 Å². The van der Waals surface area contributed by atoms with E-state index < -0.39 is 0 Å². The van der Waals surface area contributed by atoms with E-state index in [0.717, 1.165) is 12.8 Å². The summed E-state index contributed by atoms with van der Waals surface area (Å²) in [6.45, 7) is 11.1. The van der Waals surface area contributed by atoms with E-state index in [9.17, 15) is 4.79 Å². The van der Waals surface area contributed by atoms with E-state index in [0.29, 0.717) is 18.9 Å². The Morgan fingerprint density at radius 2 is 1.88 bits per heavy atom. The molecule has 3 heteroatoms. The Labute approximate surface area is 99.7 Å². The van der Waals surface area contributed by atoms with Gasteiger partial charge in [0.15, 0.2) is 0 Å². The Hall–Kier alpha value is -0.570. The first kappa shape index (κ1) is 15.4. The van der Waals surface area contributed by atoms with Crippen LogP contribution in [0, 0.1) is 11.3 Å². The summed E-state index contributed by atoms with van der Waals surface area (Å²) in [6, 6.07) is -0.0912. The molecule has 0 fully saturated rings. The van der Waals surface area contributed by atoms with Crippen molar-refractivity contribution >= 4 is 5.97 Å². The fourth-order valence-corrected chi connectivity index (χ4v) is 1.54. The first-order chi connectivity index (χ1) is 7.20. The van der Waals surface area contributed by atoms with Crippen molar-refractivity contribution in [2.75, 3.05) is 6.61 Å². The van der Waals surface area contributed by atoms with Gasteiger partial charge in [-0.1, -0.05) is 34.6 Å². The smallest absolute Gasteiger partial charge is 0.307 e. The first-order valence-corrected chi connectivity index (χ1v) is 6.12. The normalized spacial score (nSPS) is 13.9. The van der Waals surface area contributed by atoms with Gasteiger partial charge in [0.25, 0.3) is 0 Å². The molecule has 0 spiro atoms. The molecule has 16 heavy (non-hydrogen) atoms. The van der Waals surface area contributed by atoms with Crippen molar-refractivity contribution in [2.24, 2.45) is 17.1 Å². The van der Waals surface area contributed by atoms with Gasteiger partial charge in [0.2, 0.25) is 0 Å². The number of esters is 1. The van der Waals surface area contributed by atoms with E-state index in [1.54, 1.807) is 0 Å². The van der Waals surface area contributed by atoms with Crippen LogP contribution in [-0.2, 0) is 9.53 Å². The second-order valence-electron chi connectivity index (χ2n) is 6.13. The molecule has 0 saturated heterocycles. The van der Waals surface area contributed by atoms with Gasteiger partial charge in [0.1, 0.15) is 0 Å². The molecular formula is C13H27NO2. The van der Waals surface area contributed by atoms with E-state index >= 15 is 0 Å². The summed E-state index contributed by atoms with van der Waals surface area (Å²) in [5.74, 6) is 0.397. The molecule has 96 valence electrons. The molecule has 1 atom stereocenters. The minimum absolute atomic E-state index is 0.0912. The van der Waals surface area contributed by atoms with Crippen LogP contribution in [0.4, 0.5) is 0 Å². The molecule has 0 amide bonds. The van der Waals surface area contributed by atoms with Crippen LogP contribution in [0.5, 0.6) is 0 Å². The first-order valence-electron chi connectivity index (χ1n) is 6.12. The van der Waals surface area contributed by atoms with Gasteiger partial charge in [-0.15, -0.1) is 0 Å². The Balaban J connectivity index is 3.71. The maximum Gasteiger partial charge on any atom is 0.307 e. The second-order valence-corrected chi connectivity index (χ2v) is 6.13. The third kappa shape index (κ3) is 9.97. The van der Waals surface area contributed by atoms with E-state index in [1.165, 1.54) is 0 Å². The Morgan fingerprint density at radius 3 is 2.31 bits per heavy atom. The van der Waals surface area contributed by atoms with E-state index in [4.69, 9.17) is 10.5 Å². The minimum atomic E-state index is -0.169. The monoisotopic (exact) mass is 229 g/mol. The molecule has 0 rings (SSSR count). The number of hydrogen-bond donors (Lipinski definition) is 1. The standard InChI is InChI=1S/C13H27NO2/c1-10(2)6-7-16-12(15)8-11(14)9-13(3,4)5/h10-11H,6-9,14H2,1-5H3. The zero-order valence-corrected chi connectivity index (χ0v) is 11.4. The molecule has 1 unspecified atom stereocenters. The van der Waals surface area contributed by atoms with Crippen molar-refractivity contribution in [2.45, 2.75) is 59.9 Å². The number of carbonyl (C=O) groups excluding carboxylic acids is 1. The highest BCUT2D eigenvalue weighted by Gasteiger charge is 2.18. The van der Waals surface area contributed by atoms with Crippen LogP contribution < -0.4 is 5.73 Å². The number of ether oxygens (including phenoxy) is 1. The van der Waals surface area contributed by atoms with Gasteiger partial charge in [-0.05, 0) is 24.2 Å². The number of nitrogens with two attached hydrogens (primary N) is 1. The molecule has 0 radical (unpaired) electrons. The fourth-order valence-electron chi connectivity index (χ4n) is 1.54. The van der Waals surface area contributed by atoms with Gasteiger partial charge < -0.3 is 10.5 Å². The lowest BCUT2D eigenvalue weighted by Gasteiger charge is -2.22. The SMILES string of the molecule is CC(C)CCOC(=O)CC(N)CC(C)(C)C. The summed E-state index contributed by atoms with van der Waals surface area (Å²) < 4.78 is 5.12. The Bertz CT molecular complexity index is 206. The van der Waals surface area contributed by atoms with E-state index in [1.807, 2.05) is 0 Å². The molecule has 0 saturated carbocycles. The lowest BCUT2D eigenvalue weighted by molar-refractivity contribution is -0.144. The summed E-state index contributed by atoms with van der Waals surface area (Å²) in [7, 11) is 0. The van der Waals surface area contributed by atoms with Crippen LogP contribution in [0.25, 0.3) is 0 Å². The quantitative estimate of drug-likeness (QED) is 0.712. The Kier molecular flexibility index (Phi) is 6.65. The molecule has 0 aliphatic carbocycles. The summed E-state index contributed by atoms with van der Waals surface area (Å²) in [5, 5.41) is 0. The van der Waals surface area contributed by atoms with Crippen LogP contribution in [0.2, 0.25) is 0 Å². The van der Waals surface area contributed by atoms with Crippen molar-refractivity contribution in [3.05, 3.63) is 0 Å². The number of rotatable bonds is 6. The number of hydrogen-bond acceptors (Lipinski definition) is 3. The predicted molar refractivity (Wildman–Crippen MR) is 67.1 cm³/mol. The van der Waals surface area contributed by atoms with Gasteiger partial charge in [-0.2, -0.15) is 0 Å². The van der Waals surface area contributed by atoms with Crippen LogP contribution in [0.15, 0.2) is 0 Å². The molecule has 0 heterocycles. The summed E-state index contributed by atoms with van der Waals surface area (Å²) in [4.78, 5) is 11.4. The molecule has 0 aromatic heterocycles. The molecular weight excluding hydrogens is 202 g/mol. The second kappa shape index (κ2) is 6.89. The van der Waals surface area contributed by atoms with E-state index in [-0.39, 0.29) is 17.4 Å². The zero-order valence-electron chi connectivity index (χ0n) is 11.4. The maximum atomic E-state index is 11.4. The van der Waals surface area contributed by atoms with Gasteiger partial charge in [0, 0.05) is 6.04 Å². The topological polar surface area (TPSA) is 52.3 Å². The van der Waals surface area contributed by atoms with Crippen molar-refractivity contribution in [1.82, 2.24) is 0 Å². The molecule has 0 aromatic carbocycles. The van der Waals surface area contributed by atoms with Crippen LogP contribution >= 0.6 is 0 Å². The van der Waals surface area contributed by atoms with Crippen molar-refractivity contribution < 1.29 is 9.53 Å². The van der Waals surface area contributed by atoms with Gasteiger partial charge in [0.05, 0.1) is 13.0 Å². The third-order valence-corrected chi connectivity index (χ3v) is 2.26. The number of carbonyl (C=O) groups is 1. The molecule has 0 aliphatic rings. The van der Waals surface area contributed by atoms with E-state index in [2.05, 4.69) is 34.6 Å². The largest absolute Gasteiger partial charge is 0.466 e. The fraction of sp³-hybridized carbons (Fsp3) is 0.923. The molecule has 0 bridgehead atoms. The lowest BCUT2D eigenvalue weighted by Crippen LogP contribution is -2.29. The molecule has 0 aliphatic heterocycles. The van der Waals surface area contributed by atoms with Crippen molar-refractivity contribution in [1.29, 1.82) is 0 Å². The molecule has 3 nitrogen and oxygen atoms in total. The predicted octanol–water partition coefficient (Wildman–Crippen LogP) is 2.73. The summed E-state index contributed by atoms with van der Waals surface area (Å²) >= 11 is 0. The van der Waals surface area contributed by atoms with Gasteiger partial charge >= 0.3 is 5.97 Å². The average Bonchev–Trinajstić information content (AvgIpc) is 1.98. The van der Waals surface area contributed by atoms with Crippen LogP contribution in [-0.4, -0.2) is 18.6 Å². The van der Waals surface area contributed by atoms with Gasteiger partial charge in [-0.3, -0.25) is 4.79 Å². The molecule has 2 N–H and O–H groups in total. The highest BCUT2D eigenvalue weighted by Crippen LogP contribution is 2.21. The summed E-state index contributed by atoms with van der Waals surface area (Å²) in [5.41, 5.74) is 6.06. The lowest BCUT2D eigenvalue weighted by atomic mass is 9.87. The third-order valence-electron chi connectivity index (χ3n) is 2.26. The highest BCUT2D eigenvalue weighted by atomic mass is 16.5. The van der Waals surface area contributed by atoms with Crippen LogP contribution in [0.1, 0.15) is 53.9 Å². The van der Waals surface area contributed by atoms with Crippen molar-refractivity contribution in [3.63, 3.8) is 0 Å². The summed E-state index contributed by atoms with van der Waals surface area (Å²) in [6.07, 6.45) is 2.09.